The van der Waals surface area contributed by atoms with Gasteiger partial charge in [-0.2, -0.15) is 0 Å². The highest BCUT2D eigenvalue weighted by Crippen LogP contribution is 2.15. The van der Waals surface area contributed by atoms with Crippen LogP contribution >= 0.6 is 0 Å². The van der Waals surface area contributed by atoms with Gasteiger partial charge in [0, 0.05) is 30.7 Å². The molecule has 0 radical (unpaired) electrons. The van der Waals surface area contributed by atoms with Gasteiger partial charge in [0.2, 0.25) is 0 Å². The molecular formula is C13H17N5. The summed E-state index contributed by atoms with van der Waals surface area (Å²) >= 11 is 0. The van der Waals surface area contributed by atoms with Crippen LogP contribution in [0.25, 0.3) is 11.5 Å². The molecule has 2 heterocycles. The third-order valence-electron chi connectivity index (χ3n) is 2.49. The number of nitrogens with zero attached hydrogens (tertiary/aromatic N) is 4. The van der Waals surface area contributed by atoms with Crippen LogP contribution in [0.2, 0.25) is 0 Å². The Morgan fingerprint density at radius 2 is 2.06 bits per heavy atom. The molecule has 0 bridgehead atoms. The van der Waals surface area contributed by atoms with Crippen molar-refractivity contribution < 1.29 is 0 Å². The summed E-state index contributed by atoms with van der Waals surface area (Å²) in [6, 6.07) is 1.98. The van der Waals surface area contributed by atoms with Gasteiger partial charge in [0.15, 0.2) is 5.82 Å². The predicted octanol–water partition coefficient (Wildman–Crippen LogP) is 2.32. The maximum absolute atomic E-state index is 4.48. The second-order valence-corrected chi connectivity index (χ2v) is 3.94. The smallest absolute Gasteiger partial charge is 0.182 e. The van der Waals surface area contributed by atoms with Gasteiger partial charge in [0.05, 0.1) is 6.20 Å². The second kappa shape index (κ2) is 6.05. The average Bonchev–Trinajstić information content (AvgIpc) is 2.45. The molecule has 0 spiro atoms. The van der Waals surface area contributed by atoms with E-state index in [0.29, 0.717) is 11.5 Å². The largest absolute Gasteiger partial charge is 0.370 e. The van der Waals surface area contributed by atoms with E-state index in [9.17, 15) is 0 Å². The van der Waals surface area contributed by atoms with Crippen molar-refractivity contribution in [3.05, 3.63) is 30.4 Å². The lowest BCUT2D eigenvalue weighted by Crippen LogP contribution is -2.05. The van der Waals surface area contributed by atoms with Gasteiger partial charge in [-0.1, -0.05) is 13.8 Å². The standard InChI is InChI=1S/C13H17N5/c1-3-5-16-12-8-10(4-2)17-13(18-12)11-9-14-6-7-15-11/h6-9H,3-5H2,1-2H3,(H,16,17,18). The van der Waals surface area contributed by atoms with E-state index >= 15 is 0 Å². The van der Waals surface area contributed by atoms with E-state index < -0.39 is 0 Å². The molecule has 0 atom stereocenters. The van der Waals surface area contributed by atoms with Crippen LogP contribution in [0, 0.1) is 0 Å². The Labute approximate surface area is 107 Å². The van der Waals surface area contributed by atoms with Crippen LogP contribution in [-0.4, -0.2) is 26.5 Å². The topological polar surface area (TPSA) is 63.6 Å². The summed E-state index contributed by atoms with van der Waals surface area (Å²) in [5, 5.41) is 3.28. The van der Waals surface area contributed by atoms with Crippen molar-refractivity contribution in [2.24, 2.45) is 0 Å². The molecule has 1 N–H and O–H groups in total. The fraction of sp³-hybridized carbons (Fsp3) is 0.385. The van der Waals surface area contributed by atoms with Crippen molar-refractivity contribution in [2.75, 3.05) is 11.9 Å². The van der Waals surface area contributed by atoms with Crippen molar-refractivity contribution in [3.8, 4) is 11.5 Å². The lowest BCUT2D eigenvalue weighted by Gasteiger charge is -2.08. The summed E-state index contributed by atoms with van der Waals surface area (Å²) in [7, 11) is 0. The first-order valence-electron chi connectivity index (χ1n) is 6.21. The zero-order valence-corrected chi connectivity index (χ0v) is 10.7. The normalized spacial score (nSPS) is 10.3. The molecule has 0 saturated heterocycles. The van der Waals surface area contributed by atoms with Gasteiger partial charge >= 0.3 is 0 Å². The summed E-state index contributed by atoms with van der Waals surface area (Å²) in [5.41, 5.74) is 1.71. The highest BCUT2D eigenvalue weighted by Gasteiger charge is 2.06. The van der Waals surface area contributed by atoms with Crippen LogP contribution < -0.4 is 5.32 Å². The third-order valence-corrected chi connectivity index (χ3v) is 2.49. The molecule has 0 unspecified atom stereocenters. The lowest BCUT2D eigenvalue weighted by atomic mass is 10.3. The average molecular weight is 243 g/mol. The minimum absolute atomic E-state index is 0.626. The van der Waals surface area contributed by atoms with E-state index in [2.05, 4.69) is 39.1 Å². The zero-order chi connectivity index (χ0) is 12.8. The molecular weight excluding hydrogens is 226 g/mol. The molecule has 0 saturated carbocycles. The van der Waals surface area contributed by atoms with Crippen LogP contribution in [0.1, 0.15) is 26.0 Å². The van der Waals surface area contributed by atoms with Crippen molar-refractivity contribution in [3.63, 3.8) is 0 Å². The van der Waals surface area contributed by atoms with Gasteiger partial charge in [-0.25, -0.2) is 15.0 Å². The number of anilines is 1. The quantitative estimate of drug-likeness (QED) is 0.873. The maximum Gasteiger partial charge on any atom is 0.182 e. The molecule has 94 valence electrons. The Morgan fingerprint density at radius 1 is 1.17 bits per heavy atom. The van der Waals surface area contributed by atoms with Crippen LogP contribution in [-0.2, 0) is 6.42 Å². The molecule has 5 nitrogen and oxygen atoms in total. The monoisotopic (exact) mass is 243 g/mol. The predicted molar refractivity (Wildman–Crippen MR) is 71.2 cm³/mol. The number of aromatic nitrogens is 4. The second-order valence-electron chi connectivity index (χ2n) is 3.94. The van der Waals surface area contributed by atoms with Gasteiger partial charge in [-0.15, -0.1) is 0 Å². The van der Waals surface area contributed by atoms with E-state index in [1.807, 2.05) is 6.07 Å². The van der Waals surface area contributed by atoms with Crippen LogP contribution in [0.15, 0.2) is 24.7 Å². The van der Waals surface area contributed by atoms with Gasteiger partial charge < -0.3 is 5.32 Å². The summed E-state index contributed by atoms with van der Waals surface area (Å²) in [6.07, 6.45) is 6.90. The van der Waals surface area contributed by atoms with Crippen molar-refractivity contribution in [2.45, 2.75) is 26.7 Å². The summed E-state index contributed by atoms with van der Waals surface area (Å²) in [4.78, 5) is 17.2. The van der Waals surface area contributed by atoms with E-state index in [0.717, 1.165) is 30.9 Å². The molecule has 2 rings (SSSR count). The van der Waals surface area contributed by atoms with Crippen molar-refractivity contribution in [1.82, 2.24) is 19.9 Å². The number of rotatable bonds is 5. The molecule has 18 heavy (non-hydrogen) atoms. The summed E-state index contributed by atoms with van der Waals surface area (Å²) in [5.74, 6) is 1.48. The van der Waals surface area contributed by atoms with E-state index in [1.165, 1.54) is 0 Å². The van der Waals surface area contributed by atoms with Crippen LogP contribution in [0.3, 0.4) is 0 Å². The summed E-state index contributed by atoms with van der Waals surface area (Å²) < 4.78 is 0. The lowest BCUT2D eigenvalue weighted by molar-refractivity contribution is 0.948. The first-order valence-corrected chi connectivity index (χ1v) is 6.21. The fourth-order valence-corrected chi connectivity index (χ4v) is 1.55. The van der Waals surface area contributed by atoms with E-state index in [1.54, 1.807) is 18.6 Å². The molecule has 0 amide bonds. The highest BCUT2D eigenvalue weighted by atomic mass is 15.0. The van der Waals surface area contributed by atoms with Crippen molar-refractivity contribution >= 4 is 5.82 Å². The highest BCUT2D eigenvalue weighted by molar-refractivity contribution is 5.51. The van der Waals surface area contributed by atoms with Gasteiger partial charge in [0.1, 0.15) is 11.5 Å². The number of hydrogen-bond acceptors (Lipinski definition) is 5. The molecule has 0 aliphatic heterocycles. The Kier molecular flexibility index (Phi) is 4.17. The van der Waals surface area contributed by atoms with Crippen LogP contribution in [0.4, 0.5) is 5.82 Å². The molecule has 2 aromatic heterocycles. The first-order chi connectivity index (χ1) is 8.83. The zero-order valence-electron chi connectivity index (χ0n) is 10.7. The van der Waals surface area contributed by atoms with E-state index in [4.69, 9.17) is 0 Å². The van der Waals surface area contributed by atoms with E-state index in [-0.39, 0.29) is 0 Å². The number of nitrogens with one attached hydrogen (secondary N) is 1. The molecule has 0 aromatic carbocycles. The van der Waals surface area contributed by atoms with Crippen LogP contribution in [0.5, 0.6) is 0 Å². The minimum atomic E-state index is 0.626. The molecule has 0 fully saturated rings. The fourth-order valence-electron chi connectivity index (χ4n) is 1.55. The SMILES string of the molecule is CCCNc1cc(CC)nc(-c2cnccn2)n1. The molecule has 5 heteroatoms. The summed E-state index contributed by atoms with van der Waals surface area (Å²) in [6.45, 7) is 5.10. The first kappa shape index (κ1) is 12.4. The molecule has 0 aliphatic rings. The molecule has 0 aliphatic carbocycles. The van der Waals surface area contributed by atoms with Crippen molar-refractivity contribution in [1.29, 1.82) is 0 Å². The third kappa shape index (κ3) is 3.00. The Balaban J connectivity index is 2.35. The van der Waals surface area contributed by atoms with Gasteiger partial charge in [-0.05, 0) is 12.8 Å². The maximum atomic E-state index is 4.48. The molecule has 2 aromatic rings. The number of aryl methyl sites for hydroxylation is 1. The Morgan fingerprint density at radius 3 is 2.72 bits per heavy atom. The Hall–Kier alpha value is -2.04. The number of hydrogen-bond donors (Lipinski definition) is 1. The Bertz CT molecular complexity index is 498. The van der Waals surface area contributed by atoms with Gasteiger partial charge in [0.25, 0.3) is 0 Å². The minimum Gasteiger partial charge on any atom is -0.370 e. The van der Waals surface area contributed by atoms with Gasteiger partial charge in [-0.3, -0.25) is 4.98 Å².